The predicted octanol–water partition coefficient (Wildman–Crippen LogP) is 4.21. The highest BCUT2D eigenvalue weighted by molar-refractivity contribution is 5.88. The summed E-state index contributed by atoms with van der Waals surface area (Å²) in [4.78, 5) is 12.2. The highest BCUT2D eigenvalue weighted by atomic mass is 19.1. The van der Waals surface area contributed by atoms with Gasteiger partial charge in [-0.25, -0.2) is 9.18 Å². The standard InChI is InChI=1S/C21H19FN2O5/c1-13(20-23-24-21(29-20)15-7-10-16(22)11-8-15)28-18(25)12-9-14-5-4-6-17(26-2)19(14)27-3/h4-13H,1-3H3/b12-9+/t13-/m1/s1. The number of nitrogens with zero attached hydrogens (tertiary/aromatic N) is 2. The van der Waals surface area contributed by atoms with E-state index in [0.29, 0.717) is 22.6 Å². The van der Waals surface area contributed by atoms with Crippen LogP contribution in [0.4, 0.5) is 4.39 Å². The van der Waals surface area contributed by atoms with Gasteiger partial charge in [-0.2, -0.15) is 0 Å². The molecule has 2 aromatic carbocycles. The van der Waals surface area contributed by atoms with Crippen LogP contribution < -0.4 is 9.47 Å². The zero-order valence-corrected chi connectivity index (χ0v) is 16.1. The largest absolute Gasteiger partial charge is 0.493 e. The summed E-state index contributed by atoms with van der Waals surface area (Å²) in [5, 5.41) is 7.79. The van der Waals surface area contributed by atoms with Crippen molar-refractivity contribution in [2.45, 2.75) is 13.0 Å². The second-order valence-corrected chi connectivity index (χ2v) is 5.95. The molecule has 1 atom stereocenters. The molecule has 0 aliphatic rings. The first kappa shape index (κ1) is 20.1. The first-order chi connectivity index (χ1) is 14.0. The Balaban J connectivity index is 1.67. The summed E-state index contributed by atoms with van der Waals surface area (Å²) in [5.74, 6) is 0.437. The Morgan fingerprint density at radius 1 is 1.10 bits per heavy atom. The molecule has 150 valence electrons. The SMILES string of the molecule is COc1cccc(/C=C/C(=O)O[C@H](C)c2nnc(-c3ccc(F)cc3)o2)c1OC. The van der Waals surface area contributed by atoms with Crippen molar-refractivity contribution in [3.63, 3.8) is 0 Å². The van der Waals surface area contributed by atoms with E-state index in [0.717, 1.165) is 0 Å². The van der Waals surface area contributed by atoms with Gasteiger partial charge in [-0.15, -0.1) is 10.2 Å². The summed E-state index contributed by atoms with van der Waals surface area (Å²) in [6.07, 6.45) is 2.07. The van der Waals surface area contributed by atoms with Crippen LogP contribution in [0.3, 0.4) is 0 Å². The minimum absolute atomic E-state index is 0.130. The lowest BCUT2D eigenvalue weighted by Crippen LogP contribution is -2.06. The first-order valence-electron chi connectivity index (χ1n) is 8.71. The van der Waals surface area contributed by atoms with Gasteiger partial charge in [0.15, 0.2) is 17.6 Å². The molecular weight excluding hydrogens is 379 g/mol. The van der Waals surface area contributed by atoms with Crippen LogP contribution >= 0.6 is 0 Å². The third kappa shape index (κ3) is 4.78. The van der Waals surface area contributed by atoms with Gasteiger partial charge in [0.1, 0.15) is 5.82 Å². The van der Waals surface area contributed by atoms with Crippen molar-refractivity contribution in [2.75, 3.05) is 14.2 Å². The van der Waals surface area contributed by atoms with Crippen LogP contribution in [0.5, 0.6) is 11.5 Å². The lowest BCUT2D eigenvalue weighted by Gasteiger charge is -2.10. The van der Waals surface area contributed by atoms with Gasteiger partial charge in [-0.05, 0) is 43.3 Å². The van der Waals surface area contributed by atoms with Crippen LogP contribution in [0.1, 0.15) is 24.5 Å². The molecule has 0 N–H and O–H groups in total. The fourth-order valence-corrected chi connectivity index (χ4v) is 2.57. The van der Waals surface area contributed by atoms with Crippen LogP contribution in [-0.4, -0.2) is 30.4 Å². The first-order valence-corrected chi connectivity index (χ1v) is 8.71. The molecule has 3 aromatic rings. The normalized spacial score (nSPS) is 12.0. The minimum Gasteiger partial charge on any atom is -0.493 e. The molecule has 0 saturated heterocycles. The van der Waals surface area contributed by atoms with E-state index in [1.54, 1.807) is 31.2 Å². The minimum atomic E-state index is -0.763. The maximum absolute atomic E-state index is 13.0. The zero-order chi connectivity index (χ0) is 20.8. The number of esters is 1. The predicted molar refractivity (Wildman–Crippen MR) is 103 cm³/mol. The second-order valence-electron chi connectivity index (χ2n) is 5.95. The zero-order valence-electron chi connectivity index (χ0n) is 16.1. The Morgan fingerprint density at radius 2 is 1.86 bits per heavy atom. The lowest BCUT2D eigenvalue weighted by molar-refractivity contribution is -0.143. The molecule has 29 heavy (non-hydrogen) atoms. The van der Waals surface area contributed by atoms with Crippen LogP contribution in [-0.2, 0) is 9.53 Å². The highest BCUT2D eigenvalue weighted by Gasteiger charge is 2.18. The molecule has 0 aliphatic heterocycles. The van der Waals surface area contributed by atoms with Gasteiger partial charge in [0.2, 0.25) is 5.89 Å². The number of benzene rings is 2. The van der Waals surface area contributed by atoms with Crippen molar-refractivity contribution < 1.29 is 27.8 Å². The third-order valence-corrected chi connectivity index (χ3v) is 4.00. The van der Waals surface area contributed by atoms with Gasteiger partial charge in [0.25, 0.3) is 5.89 Å². The fourth-order valence-electron chi connectivity index (χ4n) is 2.57. The molecule has 0 spiro atoms. The number of hydrogen-bond acceptors (Lipinski definition) is 7. The van der Waals surface area contributed by atoms with E-state index in [1.807, 2.05) is 0 Å². The van der Waals surface area contributed by atoms with Crippen molar-refractivity contribution in [3.05, 3.63) is 65.8 Å². The molecule has 0 bridgehead atoms. The average molecular weight is 398 g/mol. The van der Waals surface area contributed by atoms with Crippen molar-refractivity contribution in [1.82, 2.24) is 10.2 Å². The van der Waals surface area contributed by atoms with Gasteiger partial charge < -0.3 is 18.6 Å². The van der Waals surface area contributed by atoms with Crippen molar-refractivity contribution >= 4 is 12.0 Å². The summed E-state index contributed by atoms with van der Waals surface area (Å²) in [5.41, 5.74) is 1.22. The van der Waals surface area contributed by atoms with Crippen LogP contribution in [0.2, 0.25) is 0 Å². The number of carbonyl (C=O) groups is 1. The molecule has 0 radical (unpaired) electrons. The molecule has 0 amide bonds. The van der Waals surface area contributed by atoms with E-state index in [-0.39, 0.29) is 17.6 Å². The van der Waals surface area contributed by atoms with E-state index in [4.69, 9.17) is 18.6 Å². The number of methoxy groups -OCH3 is 2. The van der Waals surface area contributed by atoms with Gasteiger partial charge in [0.05, 0.1) is 14.2 Å². The number of ether oxygens (including phenoxy) is 3. The molecule has 0 unspecified atom stereocenters. The summed E-state index contributed by atoms with van der Waals surface area (Å²) in [6.45, 7) is 1.61. The molecule has 8 heteroatoms. The number of carbonyl (C=O) groups excluding carboxylic acids is 1. The van der Waals surface area contributed by atoms with Gasteiger partial charge in [-0.3, -0.25) is 0 Å². The van der Waals surface area contributed by atoms with Gasteiger partial charge in [0, 0.05) is 17.2 Å². The van der Waals surface area contributed by atoms with E-state index in [2.05, 4.69) is 10.2 Å². The molecule has 1 heterocycles. The van der Waals surface area contributed by atoms with E-state index >= 15 is 0 Å². The Labute approximate surface area is 166 Å². The number of aromatic nitrogens is 2. The number of para-hydroxylation sites is 1. The molecule has 0 fully saturated rings. The monoisotopic (exact) mass is 398 g/mol. The number of halogens is 1. The fraction of sp³-hybridized carbons (Fsp3) is 0.190. The Morgan fingerprint density at radius 3 is 2.55 bits per heavy atom. The van der Waals surface area contributed by atoms with Gasteiger partial charge in [-0.1, -0.05) is 12.1 Å². The summed E-state index contributed by atoms with van der Waals surface area (Å²) >= 11 is 0. The second kappa shape index (κ2) is 9.01. The third-order valence-electron chi connectivity index (χ3n) is 4.00. The Bertz CT molecular complexity index is 1010. The Hall–Kier alpha value is -3.68. The summed E-state index contributed by atoms with van der Waals surface area (Å²) in [6, 6.07) is 10.9. The maximum Gasteiger partial charge on any atom is 0.331 e. The van der Waals surface area contributed by atoms with Gasteiger partial charge >= 0.3 is 5.97 Å². The maximum atomic E-state index is 13.0. The molecule has 3 rings (SSSR count). The van der Waals surface area contributed by atoms with Crippen molar-refractivity contribution in [1.29, 1.82) is 0 Å². The molecule has 0 saturated carbocycles. The van der Waals surface area contributed by atoms with Crippen molar-refractivity contribution in [3.8, 4) is 23.0 Å². The smallest absolute Gasteiger partial charge is 0.331 e. The molecular formula is C21H19FN2O5. The number of hydrogen-bond donors (Lipinski definition) is 0. The summed E-state index contributed by atoms with van der Waals surface area (Å²) in [7, 11) is 3.05. The van der Waals surface area contributed by atoms with Crippen molar-refractivity contribution in [2.24, 2.45) is 0 Å². The van der Waals surface area contributed by atoms with Crippen LogP contribution in [0.25, 0.3) is 17.5 Å². The van der Waals surface area contributed by atoms with Crippen LogP contribution in [0, 0.1) is 5.82 Å². The number of rotatable bonds is 7. The Kier molecular flexibility index (Phi) is 6.23. The summed E-state index contributed by atoms with van der Waals surface area (Å²) < 4.78 is 34.4. The quantitative estimate of drug-likeness (QED) is 0.435. The van der Waals surface area contributed by atoms with E-state index < -0.39 is 12.1 Å². The average Bonchev–Trinajstić information content (AvgIpc) is 3.22. The molecule has 7 nitrogen and oxygen atoms in total. The van der Waals surface area contributed by atoms with Crippen LogP contribution in [0.15, 0.2) is 53.0 Å². The molecule has 0 aliphatic carbocycles. The lowest BCUT2D eigenvalue weighted by atomic mass is 10.1. The molecule has 1 aromatic heterocycles. The highest BCUT2D eigenvalue weighted by Crippen LogP contribution is 2.31. The topological polar surface area (TPSA) is 83.7 Å². The van der Waals surface area contributed by atoms with E-state index in [1.165, 1.54) is 44.6 Å². The van der Waals surface area contributed by atoms with E-state index in [9.17, 15) is 9.18 Å².